The average molecular weight is 615 g/mol. The summed E-state index contributed by atoms with van der Waals surface area (Å²) in [7, 11) is -6.24. The van der Waals surface area contributed by atoms with Gasteiger partial charge < -0.3 is 23.1 Å². The van der Waals surface area contributed by atoms with Crippen LogP contribution in [0.1, 0.15) is 59.9 Å². The number of hydrogen-bond acceptors (Lipinski definition) is 7. The van der Waals surface area contributed by atoms with Crippen molar-refractivity contribution in [2.24, 2.45) is 5.92 Å². The van der Waals surface area contributed by atoms with Gasteiger partial charge in [-0.05, 0) is 55.3 Å². The summed E-state index contributed by atoms with van der Waals surface area (Å²) in [6.07, 6.45) is -0.316. The Morgan fingerprint density at radius 1 is 0.950 bits per heavy atom. The molecule has 0 N–H and O–H groups in total. The summed E-state index contributed by atoms with van der Waals surface area (Å²) in [5, 5.41) is 0.0576. The molecule has 0 unspecified atom stereocenters. The number of ether oxygens (including phenoxy) is 2. The Balaban J connectivity index is 2.36. The zero-order valence-corrected chi connectivity index (χ0v) is 29.7. The van der Waals surface area contributed by atoms with E-state index in [0.29, 0.717) is 13.0 Å². The lowest BCUT2D eigenvalue weighted by molar-refractivity contribution is -0.111. The molecule has 1 aromatic carbocycles. The predicted octanol–water partition coefficient (Wildman–Crippen LogP) is 6.56. The van der Waals surface area contributed by atoms with Gasteiger partial charge in [0.25, 0.3) is 0 Å². The molecule has 2 rings (SSSR count). The molecule has 40 heavy (non-hydrogen) atoms. The number of rotatable bonds is 13. The molecule has 0 saturated carbocycles. The number of methoxy groups -OCH3 is 1. The number of carbonyl (C=O) groups excluding carboxylic acids is 1. The van der Waals surface area contributed by atoms with Gasteiger partial charge in [-0.2, -0.15) is 0 Å². The zero-order valence-electron chi connectivity index (χ0n) is 26.9. The third kappa shape index (κ3) is 8.81. The van der Waals surface area contributed by atoms with Crippen molar-refractivity contribution in [1.82, 2.24) is 0 Å². The Bertz CT molecular complexity index is 1070. The smallest absolute Gasteiger partial charge is 0.192 e. The zero-order chi connectivity index (χ0) is 30.7. The van der Waals surface area contributed by atoms with Crippen molar-refractivity contribution in [3.63, 3.8) is 0 Å². The van der Waals surface area contributed by atoms with Gasteiger partial charge in [-0.25, -0.2) is 8.42 Å². The minimum atomic E-state index is -3.62. The number of aldehydes is 1. The molecule has 1 aromatic rings. The van der Waals surface area contributed by atoms with Crippen molar-refractivity contribution in [2.45, 2.75) is 127 Å². The van der Waals surface area contributed by atoms with Crippen LogP contribution in [-0.4, -0.2) is 75.2 Å². The lowest BCUT2D eigenvalue weighted by atomic mass is 9.94. The van der Waals surface area contributed by atoms with E-state index in [9.17, 15) is 13.2 Å². The largest absolute Gasteiger partial charge is 0.414 e. The topological polar surface area (TPSA) is 88.1 Å². The van der Waals surface area contributed by atoms with Crippen LogP contribution in [0.25, 0.3) is 0 Å². The van der Waals surface area contributed by atoms with Gasteiger partial charge in [-0.3, -0.25) is 0 Å². The van der Waals surface area contributed by atoms with Crippen LogP contribution in [0.5, 0.6) is 0 Å². The van der Waals surface area contributed by atoms with E-state index >= 15 is 0 Å². The summed E-state index contributed by atoms with van der Waals surface area (Å²) >= 11 is 0. The van der Waals surface area contributed by atoms with Crippen LogP contribution in [-0.2, 0) is 33.0 Å². The molecule has 0 aliphatic carbocycles. The Hall–Kier alpha value is -0.886. The van der Waals surface area contributed by atoms with Crippen LogP contribution in [0, 0.1) is 12.8 Å². The molecular formula is C30H54O7SSi2. The van der Waals surface area contributed by atoms with E-state index in [1.807, 2.05) is 6.92 Å². The van der Waals surface area contributed by atoms with Gasteiger partial charge in [-0.15, -0.1) is 0 Å². The Kier molecular flexibility index (Phi) is 11.6. The molecule has 230 valence electrons. The molecule has 0 amide bonds. The molecule has 1 heterocycles. The van der Waals surface area contributed by atoms with Crippen LogP contribution in [0.2, 0.25) is 36.3 Å². The first-order chi connectivity index (χ1) is 18.1. The van der Waals surface area contributed by atoms with Gasteiger partial charge in [0.05, 0.1) is 41.7 Å². The maximum absolute atomic E-state index is 13.4. The molecule has 10 heteroatoms. The first-order valence-electron chi connectivity index (χ1n) is 14.4. The molecule has 5 atom stereocenters. The summed E-state index contributed by atoms with van der Waals surface area (Å²) in [5.41, 5.74) is 0.990. The molecule has 1 saturated heterocycles. The van der Waals surface area contributed by atoms with Crippen LogP contribution >= 0.6 is 0 Å². The third-order valence-corrected chi connectivity index (χ3v) is 20.1. The summed E-state index contributed by atoms with van der Waals surface area (Å²) < 4.78 is 52.7. The molecule has 0 bridgehead atoms. The first-order valence-corrected chi connectivity index (χ1v) is 21.8. The molecular weight excluding hydrogens is 561 g/mol. The summed E-state index contributed by atoms with van der Waals surface area (Å²) in [6.45, 7) is 24.5. The van der Waals surface area contributed by atoms with Gasteiger partial charge in [0.1, 0.15) is 6.29 Å². The summed E-state index contributed by atoms with van der Waals surface area (Å²) in [6, 6.07) is 6.86. The van der Waals surface area contributed by atoms with E-state index < -0.39 is 50.7 Å². The highest BCUT2D eigenvalue weighted by Gasteiger charge is 2.49. The summed E-state index contributed by atoms with van der Waals surface area (Å²) in [5.74, 6) is -0.640. The molecule has 0 aromatic heterocycles. The number of aryl methyl sites for hydroxylation is 1. The van der Waals surface area contributed by atoms with E-state index in [4.69, 9.17) is 18.3 Å². The maximum atomic E-state index is 13.4. The fourth-order valence-electron chi connectivity index (χ4n) is 4.55. The molecule has 0 radical (unpaired) electrons. The van der Waals surface area contributed by atoms with Gasteiger partial charge in [0.2, 0.25) is 0 Å². The standard InChI is InChI=1S/C30H54O7SSi2/c1-22-13-15-24(16-14-22)38(32,33)21-25-26(17-18-31)36-27(28(25)34-8)19-23(37-40(11,12)30(5,6)7)20-35-39(9,10)29(2,3)4/h13-16,18,23,25-28H,17,19-21H2,1-12H3/t23-,25-,26-,27+,28+/m0/s1. The van der Waals surface area contributed by atoms with Gasteiger partial charge in [0, 0.05) is 25.9 Å². The molecule has 1 aliphatic heterocycles. The highest BCUT2D eigenvalue weighted by Crippen LogP contribution is 2.41. The van der Waals surface area contributed by atoms with Crippen LogP contribution in [0.4, 0.5) is 0 Å². The van der Waals surface area contributed by atoms with Crippen molar-refractivity contribution >= 4 is 32.8 Å². The molecule has 1 fully saturated rings. The lowest BCUT2D eigenvalue weighted by Gasteiger charge is -2.42. The Morgan fingerprint density at radius 3 is 1.98 bits per heavy atom. The number of benzene rings is 1. The second-order valence-corrected chi connectivity index (χ2v) is 26.0. The van der Waals surface area contributed by atoms with Crippen molar-refractivity contribution < 1.29 is 31.5 Å². The monoisotopic (exact) mass is 614 g/mol. The van der Waals surface area contributed by atoms with Crippen LogP contribution in [0.3, 0.4) is 0 Å². The Morgan fingerprint density at radius 2 is 1.50 bits per heavy atom. The number of sulfone groups is 1. The average Bonchev–Trinajstić information content (AvgIpc) is 3.11. The molecule has 1 aliphatic rings. The first kappa shape index (κ1) is 35.3. The van der Waals surface area contributed by atoms with Crippen LogP contribution < -0.4 is 0 Å². The van der Waals surface area contributed by atoms with E-state index in [0.717, 1.165) is 11.8 Å². The quantitative estimate of drug-likeness (QED) is 0.184. The second kappa shape index (κ2) is 13.2. The van der Waals surface area contributed by atoms with Crippen LogP contribution in [0.15, 0.2) is 29.2 Å². The number of hydrogen-bond donors (Lipinski definition) is 0. The van der Waals surface area contributed by atoms with E-state index in [1.165, 1.54) is 0 Å². The van der Waals surface area contributed by atoms with E-state index in [1.54, 1.807) is 31.4 Å². The SMILES string of the molecule is CO[C@@H]1[C@@H](CS(=O)(=O)c2ccc(C)cc2)[C@H](CC=O)O[C@@H]1C[C@@H](CO[Si](C)(C)C(C)(C)C)O[Si](C)(C)C(C)(C)C. The highest BCUT2D eigenvalue weighted by molar-refractivity contribution is 7.91. The van der Waals surface area contributed by atoms with Gasteiger partial charge >= 0.3 is 0 Å². The van der Waals surface area contributed by atoms with Gasteiger partial charge in [0.15, 0.2) is 26.5 Å². The second-order valence-electron chi connectivity index (χ2n) is 14.4. The maximum Gasteiger partial charge on any atom is 0.192 e. The summed E-state index contributed by atoms with van der Waals surface area (Å²) in [4.78, 5) is 11.9. The fourth-order valence-corrected chi connectivity index (χ4v) is 8.59. The fraction of sp³-hybridized carbons (Fsp3) is 0.767. The Labute approximate surface area is 245 Å². The third-order valence-electron chi connectivity index (χ3n) is 9.21. The molecule has 7 nitrogen and oxygen atoms in total. The van der Waals surface area contributed by atoms with Crippen molar-refractivity contribution in [1.29, 1.82) is 0 Å². The molecule has 0 spiro atoms. The number of carbonyl (C=O) groups is 1. The minimum Gasteiger partial charge on any atom is -0.414 e. The van der Waals surface area contributed by atoms with Crippen molar-refractivity contribution in [3.05, 3.63) is 29.8 Å². The minimum absolute atomic E-state index is 0.00409. The van der Waals surface area contributed by atoms with Gasteiger partial charge in [-0.1, -0.05) is 59.2 Å². The highest BCUT2D eigenvalue weighted by atomic mass is 32.2. The predicted molar refractivity (Wildman–Crippen MR) is 167 cm³/mol. The van der Waals surface area contributed by atoms with E-state index in [-0.39, 0.29) is 33.2 Å². The lowest BCUT2D eigenvalue weighted by Crippen LogP contribution is -2.49. The van der Waals surface area contributed by atoms with Crippen molar-refractivity contribution in [3.8, 4) is 0 Å². The van der Waals surface area contributed by atoms with Crippen molar-refractivity contribution in [2.75, 3.05) is 19.5 Å². The van der Waals surface area contributed by atoms with E-state index in [2.05, 4.69) is 67.7 Å². The normalized spacial score (nSPS) is 23.8.